The van der Waals surface area contributed by atoms with Crippen molar-refractivity contribution in [2.75, 3.05) is 19.0 Å². The summed E-state index contributed by atoms with van der Waals surface area (Å²) in [6, 6.07) is 19.7. The van der Waals surface area contributed by atoms with E-state index < -0.39 is 22.5 Å². The molecule has 8 nitrogen and oxygen atoms in total. The first-order chi connectivity index (χ1) is 15.0. The highest BCUT2D eigenvalue weighted by molar-refractivity contribution is 6.01. The number of nitrogens with one attached hydrogen (secondary N) is 1. The number of anilines is 1. The Morgan fingerprint density at radius 3 is 2.55 bits per heavy atom. The van der Waals surface area contributed by atoms with Crippen LogP contribution in [-0.2, 0) is 6.42 Å². The number of fused-ring (bicyclic) bond motifs is 1. The predicted octanol–water partition coefficient (Wildman–Crippen LogP) is 4.12. The van der Waals surface area contributed by atoms with Crippen molar-refractivity contribution in [1.82, 2.24) is 4.90 Å². The zero-order valence-electron chi connectivity index (χ0n) is 16.8. The van der Waals surface area contributed by atoms with Gasteiger partial charge in [0.25, 0.3) is 5.91 Å². The summed E-state index contributed by atoms with van der Waals surface area (Å²) in [4.78, 5) is 25.8. The summed E-state index contributed by atoms with van der Waals surface area (Å²) >= 11 is 0. The predicted molar refractivity (Wildman–Crippen MR) is 115 cm³/mol. The van der Waals surface area contributed by atoms with Crippen LogP contribution < -0.4 is 10.1 Å². The van der Waals surface area contributed by atoms with Gasteiger partial charge in [-0.2, -0.15) is 0 Å². The fourth-order valence-corrected chi connectivity index (χ4v) is 3.75. The number of phenolic OH excluding ortho intramolecular Hbond substituents is 1. The molecule has 158 valence electrons. The number of amides is 1. The van der Waals surface area contributed by atoms with Crippen molar-refractivity contribution in [3.8, 4) is 11.5 Å². The smallest absolute Gasteiger partial charge is 0.315 e. The average molecular weight is 419 g/mol. The van der Waals surface area contributed by atoms with E-state index in [1.165, 1.54) is 19.2 Å². The highest BCUT2D eigenvalue weighted by Crippen LogP contribution is 2.41. The van der Waals surface area contributed by atoms with Crippen LogP contribution in [0.2, 0.25) is 0 Å². The van der Waals surface area contributed by atoms with Gasteiger partial charge in [0.1, 0.15) is 6.17 Å². The number of carbonyl (C=O) groups excluding carboxylic acids is 1. The van der Waals surface area contributed by atoms with E-state index in [0.717, 1.165) is 5.56 Å². The molecule has 0 radical (unpaired) electrons. The Labute approximate surface area is 178 Å². The third-order valence-corrected chi connectivity index (χ3v) is 5.32. The molecular formula is C23H21N3O5. The number of nitro groups is 1. The lowest BCUT2D eigenvalue weighted by atomic mass is 10.0. The third kappa shape index (κ3) is 3.87. The van der Waals surface area contributed by atoms with Gasteiger partial charge in [0, 0.05) is 23.9 Å². The normalized spacial score (nSPS) is 15.2. The summed E-state index contributed by atoms with van der Waals surface area (Å²) in [7, 11) is 1.32. The average Bonchev–Trinajstić information content (AvgIpc) is 2.79. The molecule has 1 atom stereocenters. The number of ether oxygens (including phenoxy) is 1. The van der Waals surface area contributed by atoms with Gasteiger partial charge >= 0.3 is 5.69 Å². The maximum atomic E-state index is 13.3. The monoisotopic (exact) mass is 419 g/mol. The molecule has 31 heavy (non-hydrogen) atoms. The first-order valence-electron chi connectivity index (χ1n) is 9.75. The van der Waals surface area contributed by atoms with E-state index in [4.69, 9.17) is 4.74 Å². The van der Waals surface area contributed by atoms with Crippen LogP contribution >= 0.6 is 0 Å². The van der Waals surface area contributed by atoms with E-state index >= 15 is 0 Å². The SMILES string of the molecule is COc1cc([C@@H]2Nc3ccccc3C(=O)N2CCc2ccccc2)cc([N+](=O)[O-])c1O. The van der Waals surface area contributed by atoms with E-state index in [-0.39, 0.29) is 11.7 Å². The summed E-state index contributed by atoms with van der Waals surface area (Å²) in [5.41, 5.74) is 2.21. The molecule has 4 rings (SSSR count). The number of benzene rings is 3. The summed E-state index contributed by atoms with van der Waals surface area (Å²) in [6.45, 7) is 0.395. The molecule has 0 unspecified atom stereocenters. The Morgan fingerprint density at radius 2 is 1.84 bits per heavy atom. The lowest BCUT2D eigenvalue weighted by Gasteiger charge is -2.38. The Morgan fingerprint density at radius 1 is 1.13 bits per heavy atom. The molecule has 0 aliphatic carbocycles. The lowest BCUT2D eigenvalue weighted by molar-refractivity contribution is -0.386. The number of rotatable bonds is 6. The van der Waals surface area contributed by atoms with Crippen LogP contribution in [0.4, 0.5) is 11.4 Å². The van der Waals surface area contributed by atoms with Crippen LogP contribution in [0.1, 0.15) is 27.7 Å². The third-order valence-electron chi connectivity index (χ3n) is 5.32. The molecule has 1 heterocycles. The Hall–Kier alpha value is -4.07. The number of hydrogen-bond acceptors (Lipinski definition) is 6. The van der Waals surface area contributed by atoms with Crippen molar-refractivity contribution < 1.29 is 19.6 Å². The van der Waals surface area contributed by atoms with Crippen LogP contribution in [0.15, 0.2) is 66.7 Å². The highest BCUT2D eigenvalue weighted by Gasteiger charge is 2.34. The van der Waals surface area contributed by atoms with Gasteiger partial charge in [0.2, 0.25) is 5.75 Å². The fourth-order valence-electron chi connectivity index (χ4n) is 3.75. The van der Waals surface area contributed by atoms with Crippen LogP contribution in [0.5, 0.6) is 11.5 Å². The van der Waals surface area contributed by atoms with Gasteiger partial charge in [-0.05, 0) is 30.2 Å². The maximum Gasteiger partial charge on any atom is 0.315 e. The maximum absolute atomic E-state index is 13.3. The molecule has 1 aliphatic rings. The molecule has 0 saturated heterocycles. The van der Waals surface area contributed by atoms with Gasteiger partial charge in [-0.15, -0.1) is 0 Å². The molecular weight excluding hydrogens is 398 g/mol. The summed E-state index contributed by atoms with van der Waals surface area (Å²) in [5, 5.41) is 24.9. The van der Waals surface area contributed by atoms with E-state index in [2.05, 4.69) is 5.32 Å². The van der Waals surface area contributed by atoms with Gasteiger partial charge in [-0.25, -0.2) is 0 Å². The van der Waals surface area contributed by atoms with Gasteiger partial charge in [-0.3, -0.25) is 14.9 Å². The fraction of sp³-hybridized carbons (Fsp3) is 0.174. The molecule has 0 saturated carbocycles. The van der Waals surface area contributed by atoms with Gasteiger partial charge < -0.3 is 20.1 Å². The lowest BCUT2D eigenvalue weighted by Crippen LogP contribution is -2.44. The largest absolute Gasteiger partial charge is 0.500 e. The second-order valence-electron chi connectivity index (χ2n) is 7.17. The van der Waals surface area contributed by atoms with Crippen LogP contribution in [0.3, 0.4) is 0 Å². The number of carbonyl (C=O) groups is 1. The Kier molecular flexibility index (Phi) is 5.44. The molecule has 8 heteroatoms. The van der Waals surface area contributed by atoms with Crippen LogP contribution in [0, 0.1) is 10.1 Å². The van der Waals surface area contributed by atoms with Crippen molar-refractivity contribution in [2.45, 2.75) is 12.6 Å². The molecule has 0 bridgehead atoms. The molecule has 3 aromatic carbocycles. The summed E-state index contributed by atoms with van der Waals surface area (Å²) in [5.74, 6) is -0.750. The van der Waals surface area contributed by atoms with E-state index in [1.807, 2.05) is 36.4 Å². The number of para-hydroxylation sites is 1. The number of nitrogens with zero attached hydrogens (tertiary/aromatic N) is 2. The standard InChI is InChI=1S/C23H21N3O5/c1-31-20-14-16(13-19(21(20)27)26(29)30)22-24-18-10-6-5-9-17(18)23(28)25(22)12-11-15-7-3-2-4-8-15/h2-10,13-14,22,24,27H,11-12H2,1H3/t22-/m1/s1. The minimum absolute atomic E-state index is 0.0275. The number of phenols is 1. The zero-order chi connectivity index (χ0) is 22.0. The minimum atomic E-state index is -0.672. The van der Waals surface area contributed by atoms with E-state index in [9.17, 15) is 20.0 Å². The number of hydrogen-bond donors (Lipinski definition) is 2. The Balaban J connectivity index is 1.77. The van der Waals surface area contributed by atoms with Crippen molar-refractivity contribution in [3.05, 3.63) is 93.5 Å². The molecule has 2 N–H and O–H groups in total. The van der Waals surface area contributed by atoms with Crippen LogP contribution in [-0.4, -0.2) is 34.5 Å². The van der Waals surface area contributed by atoms with Crippen molar-refractivity contribution in [2.24, 2.45) is 0 Å². The first kappa shape index (κ1) is 20.2. The van der Waals surface area contributed by atoms with Crippen LogP contribution in [0.25, 0.3) is 0 Å². The van der Waals surface area contributed by atoms with E-state index in [0.29, 0.717) is 29.8 Å². The molecule has 1 amide bonds. The molecule has 0 fully saturated rings. The van der Waals surface area contributed by atoms with Crippen molar-refractivity contribution in [3.63, 3.8) is 0 Å². The molecule has 3 aromatic rings. The topological polar surface area (TPSA) is 105 Å². The van der Waals surface area contributed by atoms with Crippen molar-refractivity contribution >= 4 is 17.3 Å². The van der Waals surface area contributed by atoms with E-state index in [1.54, 1.807) is 23.1 Å². The molecule has 0 spiro atoms. The second kappa shape index (κ2) is 8.35. The number of methoxy groups -OCH3 is 1. The Bertz CT molecular complexity index is 1130. The minimum Gasteiger partial charge on any atom is -0.500 e. The van der Waals surface area contributed by atoms with Gasteiger partial charge in [0.15, 0.2) is 5.75 Å². The van der Waals surface area contributed by atoms with Gasteiger partial charge in [0.05, 0.1) is 17.6 Å². The first-order valence-corrected chi connectivity index (χ1v) is 9.75. The zero-order valence-corrected chi connectivity index (χ0v) is 16.8. The number of aromatic hydroxyl groups is 1. The summed E-state index contributed by atoms with van der Waals surface area (Å²) in [6.07, 6.45) is -0.0520. The molecule has 1 aliphatic heterocycles. The highest BCUT2D eigenvalue weighted by atomic mass is 16.6. The summed E-state index contributed by atoms with van der Waals surface area (Å²) < 4.78 is 5.14. The van der Waals surface area contributed by atoms with Gasteiger partial charge in [-0.1, -0.05) is 42.5 Å². The molecule has 0 aromatic heterocycles. The second-order valence-corrected chi connectivity index (χ2v) is 7.17. The van der Waals surface area contributed by atoms with Crippen molar-refractivity contribution in [1.29, 1.82) is 0 Å². The number of nitro benzene ring substituents is 1. The quantitative estimate of drug-likeness (QED) is 0.460.